The Morgan fingerprint density at radius 2 is 1.55 bits per heavy atom. The number of hydrogen-bond donors (Lipinski definition) is 12. The Hall–Kier alpha value is -2.20. The maximum absolute atomic E-state index is 12.6. The summed E-state index contributed by atoms with van der Waals surface area (Å²) >= 11 is 0. The van der Waals surface area contributed by atoms with E-state index < -0.39 is 154 Å². The van der Waals surface area contributed by atoms with Gasteiger partial charge in [0.2, 0.25) is 11.7 Å². The summed E-state index contributed by atoms with van der Waals surface area (Å²) in [6.45, 7) is -0.352. The quantitative estimate of drug-likeness (QED) is 0.0833. The zero-order valence-electron chi connectivity index (χ0n) is 27.4. The average molecular weight is 745 g/mol. The number of nitrogens with one attached hydrogen (secondary N) is 1. The molecule has 1 amide bonds. The molecule has 51 heavy (non-hydrogen) atoms. The van der Waals surface area contributed by atoms with Crippen LogP contribution in [-0.4, -0.2) is 204 Å². The molecule has 3 fully saturated rings. The van der Waals surface area contributed by atoms with Crippen LogP contribution in [0.15, 0.2) is 12.3 Å². The number of carboxylic acids is 1. The van der Waals surface area contributed by atoms with E-state index in [-0.39, 0.29) is 0 Å². The van der Waals surface area contributed by atoms with Crippen molar-refractivity contribution in [2.24, 2.45) is 0 Å². The van der Waals surface area contributed by atoms with Gasteiger partial charge < -0.3 is 105 Å². The predicted octanol–water partition coefficient (Wildman–Crippen LogP) is -8.87. The smallest absolute Gasteiger partial charge is 0.217 e. The molecule has 0 aliphatic carbocycles. The molecule has 19 atom stereocenters. The first-order valence-corrected chi connectivity index (χ1v) is 16.0. The molecule has 12 N–H and O–H groups in total. The largest absolute Gasteiger partial charge is 0.544 e. The van der Waals surface area contributed by atoms with Crippen molar-refractivity contribution in [2.75, 3.05) is 19.8 Å². The number of aliphatic carboxylic acids is 1. The van der Waals surface area contributed by atoms with Crippen LogP contribution in [0.1, 0.15) is 20.3 Å². The number of carbonyl (C=O) groups is 2. The fourth-order valence-electron chi connectivity index (χ4n) is 6.26. The minimum absolute atomic E-state index is 0.742. The van der Waals surface area contributed by atoms with Crippen molar-refractivity contribution in [3.05, 3.63) is 12.3 Å². The van der Waals surface area contributed by atoms with Crippen LogP contribution < -0.4 is 10.4 Å². The third-order valence-electron chi connectivity index (χ3n) is 9.10. The van der Waals surface area contributed by atoms with Gasteiger partial charge in [0, 0.05) is 13.3 Å². The van der Waals surface area contributed by atoms with Gasteiger partial charge in [0.05, 0.1) is 44.3 Å². The van der Waals surface area contributed by atoms with Gasteiger partial charge in [-0.1, -0.05) is 0 Å². The first-order valence-electron chi connectivity index (χ1n) is 16.0. The number of ether oxygens (including phenoxy) is 7. The highest BCUT2D eigenvalue weighted by atomic mass is 16.8. The molecule has 4 rings (SSSR count). The number of amides is 1. The van der Waals surface area contributed by atoms with Gasteiger partial charge in [0.25, 0.3) is 0 Å². The van der Waals surface area contributed by atoms with E-state index in [1.54, 1.807) is 0 Å². The lowest BCUT2D eigenvalue weighted by atomic mass is 9.88. The molecule has 0 bridgehead atoms. The molecule has 4 heterocycles. The van der Waals surface area contributed by atoms with Gasteiger partial charge >= 0.3 is 0 Å². The van der Waals surface area contributed by atoms with Crippen molar-refractivity contribution >= 4 is 11.9 Å². The predicted molar refractivity (Wildman–Crippen MR) is 156 cm³/mol. The Morgan fingerprint density at radius 1 is 0.902 bits per heavy atom. The molecule has 0 aromatic rings. The van der Waals surface area contributed by atoms with Crippen LogP contribution in [0.3, 0.4) is 0 Å². The van der Waals surface area contributed by atoms with Gasteiger partial charge in [-0.15, -0.1) is 0 Å². The van der Waals surface area contributed by atoms with Crippen molar-refractivity contribution < 1.29 is 104 Å². The van der Waals surface area contributed by atoms with Crippen molar-refractivity contribution in [2.45, 2.75) is 136 Å². The molecular formula is C29H46NO21-. The fraction of sp³-hybridized carbons (Fsp3) is 0.862. The Morgan fingerprint density at radius 3 is 2.14 bits per heavy atom. The molecule has 22 heteroatoms. The molecule has 3 saturated heterocycles. The van der Waals surface area contributed by atoms with Crippen LogP contribution >= 0.6 is 0 Å². The van der Waals surface area contributed by atoms with Crippen molar-refractivity contribution in [3.63, 3.8) is 0 Å². The van der Waals surface area contributed by atoms with Gasteiger partial charge in [-0.2, -0.15) is 0 Å². The maximum Gasteiger partial charge on any atom is 0.217 e. The molecule has 294 valence electrons. The van der Waals surface area contributed by atoms with E-state index in [9.17, 15) is 70.9 Å². The molecule has 0 unspecified atom stereocenters. The summed E-state index contributed by atoms with van der Waals surface area (Å²) in [5, 5.41) is 129. The highest BCUT2D eigenvalue weighted by Gasteiger charge is 2.57. The molecule has 4 aliphatic heterocycles. The summed E-state index contributed by atoms with van der Waals surface area (Å²) in [5.74, 6) is -6.12. The molecule has 0 aromatic heterocycles. The summed E-state index contributed by atoms with van der Waals surface area (Å²) in [4.78, 5) is 24.5. The van der Waals surface area contributed by atoms with E-state index in [1.165, 1.54) is 13.0 Å². The average Bonchev–Trinajstić information content (AvgIpc) is 3.09. The zero-order valence-corrected chi connectivity index (χ0v) is 27.4. The minimum Gasteiger partial charge on any atom is -0.544 e. The van der Waals surface area contributed by atoms with E-state index in [0.717, 1.165) is 13.2 Å². The Labute approximate surface area is 289 Å². The number of aliphatic hydroxyl groups is 11. The van der Waals surface area contributed by atoms with Gasteiger partial charge in [-0.25, -0.2) is 0 Å². The van der Waals surface area contributed by atoms with E-state index in [4.69, 9.17) is 33.2 Å². The Balaban J connectivity index is 1.62. The maximum atomic E-state index is 12.6. The topological polar surface area (TPSA) is 356 Å². The van der Waals surface area contributed by atoms with Gasteiger partial charge in [0.1, 0.15) is 85.3 Å². The number of aliphatic hydroxyl groups excluding tert-OH is 11. The second-order valence-corrected chi connectivity index (χ2v) is 12.7. The second-order valence-electron chi connectivity index (χ2n) is 12.7. The fourth-order valence-corrected chi connectivity index (χ4v) is 6.26. The van der Waals surface area contributed by atoms with Crippen molar-refractivity contribution in [3.8, 4) is 0 Å². The van der Waals surface area contributed by atoms with Crippen LogP contribution in [0.2, 0.25) is 0 Å². The van der Waals surface area contributed by atoms with E-state index in [0.29, 0.717) is 0 Å². The highest BCUT2D eigenvalue weighted by Crippen LogP contribution is 2.38. The minimum atomic E-state index is -3.14. The third kappa shape index (κ3) is 8.79. The summed E-state index contributed by atoms with van der Waals surface area (Å²) in [5.41, 5.74) is 0. The molecule has 0 saturated carbocycles. The first-order chi connectivity index (χ1) is 24.0. The molecule has 0 radical (unpaired) electrons. The summed E-state index contributed by atoms with van der Waals surface area (Å²) in [6.07, 6.45) is -28.3. The monoisotopic (exact) mass is 744 g/mol. The lowest BCUT2D eigenvalue weighted by Crippen LogP contribution is -2.72. The zero-order chi connectivity index (χ0) is 37.9. The van der Waals surface area contributed by atoms with Crippen LogP contribution in [0, 0.1) is 0 Å². The SMILES string of the molecule is CC(=O)N[C@H]1[C@H]([C@H](O)[C@H](O)CO)O[C@@](O[C@H]2[C@@H](O)[C@@H](CO)O[C@@H](O[C@H]3[C@H](O[C@@H]4O[C@@H](C)[C@@H](O)[C@@H](O)[C@@H]4O)C=CO[C@@H]3CO)[C@@H]2O)(C(=O)[O-])C[C@@H]1O. The number of hydrogen-bond acceptors (Lipinski definition) is 21. The van der Waals surface area contributed by atoms with E-state index in [1.807, 2.05) is 0 Å². The summed E-state index contributed by atoms with van der Waals surface area (Å²) in [7, 11) is 0. The standard InChI is InChI=1S/C29H47NO21/c1-9-17(37)20(40)21(41)26(46-9)47-13-3-4-45-15(8-33)23(13)49-27-22(42)25(19(39)14(7-32)48-27)51-29(28(43)44)5-11(35)16(30-10(2)34)24(50-29)18(38)12(36)6-31/h3-4,9,11-27,31-33,35-42H,5-8H2,1-2H3,(H,30,34)(H,43,44)/p-1/t9-,11-,12+,13+,14+,15+,16+,17+,18+,19-,20+,21-,22+,23-,24+,25-,26-,27-,29-/m0/s1. The molecular weight excluding hydrogens is 698 g/mol. The Kier molecular flexibility index (Phi) is 14.1. The van der Waals surface area contributed by atoms with Crippen molar-refractivity contribution in [1.82, 2.24) is 5.32 Å². The normalized spacial score (nSPS) is 45.7. The second kappa shape index (κ2) is 17.3. The number of carbonyl (C=O) groups excluding carboxylic acids is 2. The van der Waals surface area contributed by atoms with Crippen LogP contribution in [-0.2, 0) is 42.7 Å². The molecule has 4 aliphatic rings. The van der Waals surface area contributed by atoms with Gasteiger partial charge in [-0.3, -0.25) is 4.79 Å². The van der Waals surface area contributed by atoms with E-state index in [2.05, 4.69) is 5.32 Å². The molecule has 22 nitrogen and oxygen atoms in total. The summed E-state index contributed by atoms with van der Waals surface area (Å²) in [6, 6.07) is -1.58. The van der Waals surface area contributed by atoms with Gasteiger partial charge in [0.15, 0.2) is 12.6 Å². The van der Waals surface area contributed by atoms with Crippen LogP contribution in [0.25, 0.3) is 0 Å². The van der Waals surface area contributed by atoms with E-state index >= 15 is 0 Å². The molecule has 0 aromatic carbocycles. The number of carboxylic acid groups (broad SMARTS) is 1. The van der Waals surface area contributed by atoms with Gasteiger partial charge in [-0.05, 0) is 13.0 Å². The van der Waals surface area contributed by atoms with Crippen LogP contribution in [0.5, 0.6) is 0 Å². The molecule has 0 spiro atoms. The lowest BCUT2D eigenvalue weighted by Gasteiger charge is -2.52. The summed E-state index contributed by atoms with van der Waals surface area (Å²) < 4.78 is 39.2. The number of rotatable bonds is 13. The third-order valence-corrected chi connectivity index (χ3v) is 9.10. The van der Waals surface area contributed by atoms with Crippen molar-refractivity contribution in [1.29, 1.82) is 0 Å². The van der Waals surface area contributed by atoms with Crippen LogP contribution in [0.4, 0.5) is 0 Å². The lowest BCUT2D eigenvalue weighted by molar-refractivity contribution is -0.409. The Bertz CT molecular complexity index is 1200. The first kappa shape index (κ1) is 41.6. The highest BCUT2D eigenvalue weighted by molar-refractivity contribution is 5.75.